The summed E-state index contributed by atoms with van der Waals surface area (Å²) in [6.45, 7) is 0.264. The predicted molar refractivity (Wildman–Crippen MR) is 90.8 cm³/mol. The number of fused-ring (bicyclic) bond motifs is 1. The molecule has 10 heteroatoms. The monoisotopic (exact) mass is 385 g/mol. The van der Waals surface area contributed by atoms with Crippen LogP contribution in [0.1, 0.15) is 12.0 Å². The van der Waals surface area contributed by atoms with Crippen LogP contribution in [0.15, 0.2) is 41.8 Å². The maximum absolute atomic E-state index is 12.3. The van der Waals surface area contributed by atoms with Crippen molar-refractivity contribution in [3.8, 4) is 0 Å². The third-order valence-electron chi connectivity index (χ3n) is 3.31. The topological polar surface area (TPSA) is 89.2 Å². The van der Waals surface area contributed by atoms with E-state index in [9.17, 15) is 8.42 Å². The lowest BCUT2D eigenvalue weighted by molar-refractivity contribution is 0.579. The van der Waals surface area contributed by atoms with E-state index in [0.29, 0.717) is 23.6 Å². The predicted octanol–water partition coefficient (Wildman–Crippen LogP) is 2.34. The minimum Gasteiger partial charge on any atom is -0.219 e. The number of nitrogens with one attached hydrogen (secondary N) is 1. The standard InChI is InChI=1S/C14H13Cl2N5O2S/c15-11-3-4-12(16)13(6-11)24(22,23)20-5-1-2-10-7-17-14-18-9-19-21(14)8-10/h3-4,6-9,20H,1-2,5H2. The van der Waals surface area contributed by atoms with Crippen molar-refractivity contribution < 1.29 is 8.42 Å². The number of aryl methyl sites for hydroxylation is 1. The first kappa shape index (κ1) is 17.1. The summed E-state index contributed by atoms with van der Waals surface area (Å²) in [6, 6.07) is 4.32. The number of aromatic nitrogens is 4. The lowest BCUT2D eigenvalue weighted by Crippen LogP contribution is -2.25. The van der Waals surface area contributed by atoms with Crippen LogP contribution in [0.3, 0.4) is 0 Å². The van der Waals surface area contributed by atoms with Crippen LogP contribution in [-0.2, 0) is 16.4 Å². The Kier molecular flexibility index (Phi) is 5.00. The van der Waals surface area contributed by atoms with E-state index in [1.165, 1.54) is 24.5 Å². The van der Waals surface area contributed by atoms with Crippen LogP contribution < -0.4 is 4.72 Å². The second-order valence-corrected chi connectivity index (χ2v) is 7.62. The van der Waals surface area contributed by atoms with E-state index in [1.54, 1.807) is 10.7 Å². The molecule has 0 fully saturated rings. The maximum Gasteiger partial charge on any atom is 0.252 e. The average molecular weight is 386 g/mol. The highest BCUT2D eigenvalue weighted by Crippen LogP contribution is 2.24. The Morgan fingerprint density at radius 3 is 2.88 bits per heavy atom. The molecule has 0 bridgehead atoms. The number of halogens is 2. The van der Waals surface area contributed by atoms with E-state index in [-0.39, 0.29) is 16.5 Å². The maximum atomic E-state index is 12.3. The Hall–Kier alpha value is -1.74. The summed E-state index contributed by atoms with van der Waals surface area (Å²) in [5.41, 5.74) is 0.938. The smallest absolute Gasteiger partial charge is 0.219 e. The Morgan fingerprint density at radius 2 is 2.04 bits per heavy atom. The van der Waals surface area contributed by atoms with Gasteiger partial charge in [-0.2, -0.15) is 10.1 Å². The van der Waals surface area contributed by atoms with Crippen LogP contribution in [-0.4, -0.2) is 34.5 Å². The second kappa shape index (κ2) is 7.02. The van der Waals surface area contributed by atoms with E-state index >= 15 is 0 Å². The molecule has 0 radical (unpaired) electrons. The quantitative estimate of drug-likeness (QED) is 0.657. The molecule has 0 saturated carbocycles. The van der Waals surface area contributed by atoms with Gasteiger partial charge in [0.2, 0.25) is 10.0 Å². The molecule has 24 heavy (non-hydrogen) atoms. The molecule has 1 aromatic carbocycles. The fourth-order valence-corrected chi connectivity index (χ4v) is 3.98. The zero-order chi connectivity index (χ0) is 17.2. The molecule has 0 aliphatic carbocycles. The van der Waals surface area contributed by atoms with Crippen LogP contribution >= 0.6 is 23.2 Å². The first-order chi connectivity index (χ1) is 11.5. The van der Waals surface area contributed by atoms with Gasteiger partial charge in [-0.15, -0.1) is 0 Å². The van der Waals surface area contributed by atoms with E-state index < -0.39 is 10.0 Å². The van der Waals surface area contributed by atoms with Gasteiger partial charge >= 0.3 is 0 Å². The van der Waals surface area contributed by atoms with Crippen LogP contribution in [0.5, 0.6) is 0 Å². The normalized spacial score (nSPS) is 11.9. The van der Waals surface area contributed by atoms with Gasteiger partial charge in [0.05, 0.1) is 5.02 Å². The molecule has 0 spiro atoms. The highest BCUT2D eigenvalue weighted by atomic mass is 35.5. The molecule has 3 aromatic rings. The van der Waals surface area contributed by atoms with E-state index in [0.717, 1.165) is 5.56 Å². The third kappa shape index (κ3) is 3.84. The van der Waals surface area contributed by atoms with Gasteiger partial charge < -0.3 is 0 Å². The molecule has 0 aliphatic rings. The molecule has 0 saturated heterocycles. The zero-order valence-corrected chi connectivity index (χ0v) is 14.7. The average Bonchev–Trinajstić information content (AvgIpc) is 3.01. The first-order valence-corrected chi connectivity index (χ1v) is 9.28. The summed E-state index contributed by atoms with van der Waals surface area (Å²) in [7, 11) is -3.70. The fraction of sp³-hybridized carbons (Fsp3) is 0.214. The van der Waals surface area contributed by atoms with Gasteiger partial charge in [0.15, 0.2) is 0 Å². The lowest BCUT2D eigenvalue weighted by Gasteiger charge is -2.08. The highest BCUT2D eigenvalue weighted by molar-refractivity contribution is 7.89. The van der Waals surface area contributed by atoms with Gasteiger partial charge in [-0.25, -0.2) is 22.6 Å². The second-order valence-electron chi connectivity index (χ2n) is 5.04. The summed E-state index contributed by atoms with van der Waals surface area (Å²) < 4.78 is 28.6. The largest absolute Gasteiger partial charge is 0.252 e. The van der Waals surface area contributed by atoms with Crippen molar-refractivity contribution >= 4 is 39.0 Å². The molecule has 0 unspecified atom stereocenters. The Balaban J connectivity index is 1.60. The summed E-state index contributed by atoms with van der Waals surface area (Å²) >= 11 is 11.8. The molecule has 2 heterocycles. The molecule has 2 aromatic heterocycles. The number of rotatable bonds is 6. The number of hydrogen-bond donors (Lipinski definition) is 1. The Labute approximate surface area is 148 Å². The summed E-state index contributed by atoms with van der Waals surface area (Å²) in [6.07, 6.45) is 6.19. The van der Waals surface area contributed by atoms with Crippen molar-refractivity contribution in [3.63, 3.8) is 0 Å². The van der Waals surface area contributed by atoms with Gasteiger partial charge in [0.25, 0.3) is 5.78 Å². The van der Waals surface area contributed by atoms with Gasteiger partial charge in [-0.3, -0.25) is 0 Å². The van der Waals surface area contributed by atoms with Gasteiger partial charge in [0.1, 0.15) is 11.2 Å². The van der Waals surface area contributed by atoms with Crippen molar-refractivity contribution in [1.29, 1.82) is 0 Å². The molecule has 3 rings (SSSR count). The third-order valence-corrected chi connectivity index (χ3v) is 5.48. The van der Waals surface area contributed by atoms with E-state index in [1.807, 2.05) is 6.20 Å². The van der Waals surface area contributed by atoms with Gasteiger partial charge in [-0.1, -0.05) is 23.2 Å². The molecular weight excluding hydrogens is 373 g/mol. The van der Waals surface area contributed by atoms with Crippen molar-refractivity contribution in [2.45, 2.75) is 17.7 Å². The molecule has 0 aliphatic heterocycles. The zero-order valence-electron chi connectivity index (χ0n) is 12.4. The number of sulfonamides is 1. The van der Waals surface area contributed by atoms with Gasteiger partial charge in [0, 0.05) is 24.0 Å². The first-order valence-electron chi connectivity index (χ1n) is 7.05. The van der Waals surface area contributed by atoms with Gasteiger partial charge in [-0.05, 0) is 36.6 Å². The molecular formula is C14H13Cl2N5O2S. The minimum atomic E-state index is -3.70. The SMILES string of the molecule is O=S(=O)(NCCCc1cnc2ncnn2c1)c1cc(Cl)ccc1Cl. The molecule has 0 atom stereocenters. The Morgan fingerprint density at radius 1 is 1.21 bits per heavy atom. The van der Waals surface area contributed by atoms with Crippen LogP contribution in [0.25, 0.3) is 5.78 Å². The van der Waals surface area contributed by atoms with Crippen molar-refractivity contribution in [3.05, 3.63) is 52.5 Å². The minimum absolute atomic E-state index is 0.0256. The van der Waals surface area contributed by atoms with Crippen molar-refractivity contribution in [1.82, 2.24) is 24.3 Å². The van der Waals surface area contributed by atoms with Crippen molar-refractivity contribution in [2.75, 3.05) is 6.54 Å². The van der Waals surface area contributed by atoms with E-state index in [4.69, 9.17) is 23.2 Å². The number of hydrogen-bond acceptors (Lipinski definition) is 5. The van der Waals surface area contributed by atoms with Crippen LogP contribution in [0.2, 0.25) is 10.0 Å². The summed E-state index contributed by atoms with van der Waals surface area (Å²) in [5.74, 6) is 0.523. The van der Waals surface area contributed by atoms with Crippen molar-refractivity contribution in [2.24, 2.45) is 0 Å². The Bertz CT molecular complexity index is 974. The molecule has 7 nitrogen and oxygen atoms in total. The fourth-order valence-electron chi connectivity index (χ4n) is 2.15. The van der Waals surface area contributed by atoms with Crippen LogP contribution in [0.4, 0.5) is 0 Å². The molecule has 1 N–H and O–H groups in total. The highest BCUT2D eigenvalue weighted by Gasteiger charge is 2.17. The summed E-state index contributed by atoms with van der Waals surface area (Å²) in [4.78, 5) is 8.09. The molecule has 126 valence electrons. The van der Waals surface area contributed by atoms with Crippen LogP contribution in [0, 0.1) is 0 Å². The summed E-state index contributed by atoms with van der Waals surface area (Å²) in [5, 5.41) is 4.45. The number of nitrogens with zero attached hydrogens (tertiary/aromatic N) is 4. The number of benzene rings is 1. The van der Waals surface area contributed by atoms with E-state index in [2.05, 4.69) is 19.8 Å². The lowest BCUT2D eigenvalue weighted by atomic mass is 10.2. The molecule has 0 amide bonds.